The summed E-state index contributed by atoms with van der Waals surface area (Å²) in [6, 6.07) is 0. The van der Waals surface area contributed by atoms with E-state index in [1.165, 1.54) is 6.08 Å². The summed E-state index contributed by atoms with van der Waals surface area (Å²) >= 11 is 0. The van der Waals surface area contributed by atoms with Crippen molar-refractivity contribution in [3.8, 4) is 0 Å². The molecule has 1 rings (SSSR count). The van der Waals surface area contributed by atoms with Crippen LogP contribution in [0.1, 0.15) is 45.4 Å². The zero-order valence-corrected chi connectivity index (χ0v) is 9.94. The fourth-order valence-electron chi connectivity index (χ4n) is 2.04. The van der Waals surface area contributed by atoms with E-state index in [-0.39, 0.29) is 18.0 Å². The maximum atomic E-state index is 11.2. The van der Waals surface area contributed by atoms with Gasteiger partial charge in [-0.25, -0.2) is 9.59 Å². The van der Waals surface area contributed by atoms with Gasteiger partial charge in [0.2, 0.25) is 6.08 Å². The van der Waals surface area contributed by atoms with Gasteiger partial charge in [0, 0.05) is 6.42 Å². The zero-order valence-electron chi connectivity index (χ0n) is 9.94. The summed E-state index contributed by atoms with van der Waals surface area (Å²) in [7, 11) is 0. The molecule has 3 N–H and O–H groups in total. The van der Waals surface area contributed by atoms with E-state index in [0.717, 1.165) is 25.7 Å². The molecule has 17 heavy (non-hydrogen) atoms. The number of carboxylic acids is 1. The van der Waals surface area contributed by atoms with Crippen LogP contribution in [0.5, 0.6) is 0 Å². The quantitative estimate of drug-likeness (QED) is 0.557. The Morgan fingerprint density at radius 1 is 1.53 bits per heavy atom. The van der Waals surface area contributed by atoms with E-state index in [2.05, 4.69) is 4.99 Å². The van der Waals surface area contributed by atoms with E-state index in [0.29, 0.717) is 6.42 Å². The van der Waals surface area contributed by atoms with Gasteiger partial charge in [-0.1, -0.05) is 26.2 Å². The van der Waals surface area contributed by atoms with Crippen molar-refractivity contribution in [1.82, 2.24) is 0 Å². The van der Waals surface area contributed by atoms with E-state index >= 15 is 0 Å². The minimum absolute atomic E-state index is 0. The second kappa shape index (κ2) is 7.17. The summed E-state index contributed by atoms with van der Waals surface area (Å²) in [5.74, 6) is -1.20. The van der Waals surface area contributed by atoms with Crippen LogP contribution in [0, 0.1) is 0 Å². The van der Waals surface area contributed by atoms with Crippen LogP contribution >= 0.6 is 0 Å². The molecular formula is C11H19NO5. The Kier molecular flexibility index (Phi) is 6.65. The molecule has 1 fully saturated rings. The Morgan fingerprint density at radius 3 is 2.53 bits per heavy atom. The first-order valence-electron chi connectivity index (χ1n) is 5.65. The fourth-order valence-corrected chi connectivity index (χ4v) is 2.04. The van der Waals surface area contributed by atoms with Crippen molar-refractivity contribution in [3.63, 3.8) is 0 Å². The molecule has 1 aliphatic rings. The fraction of sp³-hybridized carbons (Fsp3) is 0.818. The molecule has 0 bridgehead atoms. The van der Waals surface area contributed by atoms with Crippen LogP contribution in [0.4, 0.5) is 0 Å². The third-order valence-corrected chi connectivity index (χ3v) is 2.81. The largest absolute Gasteiger partial charge is 0.478 e. The van der Waals surface area contributed by atoms with Gasteiger partial charge in [0.1, 0.15) is 0 Å². The number of ether oxygens (including phenoxy) is 1. The first-order valence-corrected chi connectivity index (χ1v) is 5.65. The lowest BCUT2D eigenvalue weighted by molar-refractivity contribution is -0.173. The molecule has 0 heterocycles. The van der Waals surface area contributed by atoms with Crippen LogP contribution in [0.3, 0.4) is 0 Å². The molecule has 98 valence electrons. The van der Waals surface area contributed by atoms with Gasteiger partial charge in [-0.2, -0.15) is 4.99 Å². The monoisotopic (exact) mass is 245 g/mol. The highest BCUT2D eigenvalue weighted by Gasteiger charge is 2.41. The van der Waals surface area contributed by atoms with Crippen molar-refractivity contribution in [2.45, 2.75) is 57.3 Å². The molecule has 1 atom stereocenters. The van der Waals surface area contributed by atoms with E-state index in [9.17, 15) is 9.59 Å². The molecular weight excluding hydrogens is 226 g/mol. The maximum absolute atomic E-state index is 11.2. The van der Waals surface area contributed by atoms with Crippen molar-refractivity contribution in [2.75, 3.05) is 0 Å². The van der Waals surface area contributed by atoms with Crippen LogP contribution in [0.15, 0.2) is 4.99 Å². The lowest BCUT2D eigenvalue weighted by Crippen LogP contribution is -2.42. The van der Waals surface area contributed by atoms with Crippen molar-refractivity contribution < 1.29 is 24.9 Å². The number of aliphatic carboxylic acids is 1. The van der Waals surface area contributed by atoms with Gasteiger partial charge in [0.05, 0.1) is 6.10 Å². The second-order valence-corrected chi connectivity index (χ2v) is 4.07. The third-order valence-electron chi connectivity index (χ3n) is 2.81. The SMILES string of the molecule is CCCC(N=C=O)(OC1CCCC1)C(=O)O.O. The summed E-state index contributed by atoms with van der Waals surface area (Å²) in [4.78, 5) is 24.9. The Morgan fingerprint density at radius 2 is 2.12 bits per heavy atom. The van der Waals surface area contributed by atoms with Crippen LogP contribution < -0.4 is 0 Å². The van der Waals surface area contributed by atoms with E-state index in [1.807, 2.05) is 6.92 Å². The standard InChI is InChI=1S/C11H17NO4.H2O/c1-2-7-11(10(14)15,12-8-13)16-9-5-3-4-6-9;/h9H,2-7H2,1H3,(H,14,15);1H2. The minimum Gasteiger partial charge on any atom is -0.478 e. The van der Waals surface area contributed by atoms with Gasteiger partial charge in [0.25, 0.3) is 5.72 Å². The van der Waals surface area contributed by atoms with Crippen molar-refractivity contribution in [1.29, 1.82) is 0 Å². The first-order chi connectivity index (χ1) is 7.64. The lowest BCUT2D eigenvalue weighted by atomic mass is 10.1. The van der Waals surface area contributed by atoms with Crippen molar-refractivity contribution in [3.05, 3.63) is 0 Å². The average molecular weight is 245 g/mol. The molecule has 0 radical (unpaired) electrons. The number of carboxylic acid groups (broad SMARTS) is 1. The number of rotatable bonds is 6. The lowest BCUT2D eigenvalue weighted by Gasteiger charge is -2.26. The Labute approximate surface area is 100.0 Å². The normalized spacial score (nSPS) is 18.9. The Balaban J connectivity index is 0.00000256. The Bertz CT molecular complexity index is 290. The zero-order chi connectivity index (χ0) is 12.0. The van der Waals surface area contributed by atoms with Crippen LogP contribution in [0.2, 0.25) is 0 Å². The topological polar surface area (TPSA) is 107 Å². The van der Waals surface area contributed by atoms with E-state index in [4.69, 9.17) is 9.84 Å². The minimum atomic E-state index is -1.72. The Hall–Kier alpha value is -1.23. The number of carbonyl (C=O) groups is 1. The number of aliphatic imine (C=N–C) groups is 1. The first kappa shape index (κ1) is 15.8. The van der Waals surface area contributed by atoms with Crippen LogP contribution in [-0.4, -0.2) is 34.5 Å². The molecule has 0 aromatic heterocycles. The van der Waals surface area contributed by atoms with Gasteiger partial charge in [-0.15, -0.1) is 0 Å². The van der Waals surface area contributed by atoms with Crippen molar-refractivity contribution in [2.24, 2.45) is 4.99 Å². The number of hydrogen-bond donors (Lipinski definition) is 1. The summed E-state index contributed by atoms with van der Waals surface area (Å²) < 4.78 is 5.51. The van der Waals surface area contributed by atoms with Gasteiger partial charge in [-0.05, 0) is 12.8 Å². The molecule has 1 aliphatic carbocycles. The molecule has 1 unspecified atom stereocenters. The predicted molar refractivity (Wildman–Crippen MR) is 60.4 cm³/mol. The van der Waals surface area contributed by atoms with Crippen LogP contribution in [0.25, 0.3) is 0 Å². The number of nitrogens with zero attached hydrogens (tertiary/aromatic N) is 1. The molecule has 6 heteroatoms. The highest BCUT2D eigenvalue weighted by Crippen LogP contribution is 2.29. The second-order valence-electron chi connectivity index (χ2n) is 4.07. The summed E-state index contributed by atoms with van der Waals surface area (Å²) in [6.45, 7) is 1.83. The molecule has 0 aromatic rings. The number of carbonyl (C=O) groups excluding carboxylic acids is 1. The molecule has 0 aliphatic heterocycles. The van der Waals surface area contributed by atoms with Crippen molar-refractivity contribution >= 4 is 12.0 Å². The smallest absolute Gasteiger partial charge is 0.360 e. The molecule has 0 spiro atoms. The third kappa shape index (κ3) is 3.93. The molecule has 0 aromatic carbocycles. The van der Waals surface area contributed by atoms with Gasteiger partial charge >= 0.3 is 5.97 Å². The van der Waals surface area contributed by atoms with E-state index in [1.54, 1.807) is 0 Å². The summed E-state index contributed by atoms with van der Waals surface area (Å²) in [6.07, 6.45) is 5.77. The number of hydrogen-bond acceptors (Lipinski definition) is 4. The maximum Gasteiger partial charge on any atom is 0.360 e. The average Bonchev–Trinajstić information content (AvgIpc) is 2.70. The summed E-state index contributed by atoms with van der Waals surface area (Å²) in [5, 5.41) is 9.15. The van der Waals surface area contributed by atoms with Gasteiger partial charge < -0.3 is 15.3 Å². The molecule has 6 nitrogen and oxygen atoms in total. The molecule has 1 saturated carbocycles. The molecule has 0 amide bonds. The molecule has 0 saturated heterocycles. The highest BCUT2D eigenvalue weighted by molar-refractivity contribution is 5.78. The predicted octanol–water partition coefficient (Wildman–Crippen LogP) is 1.04. The van der Waals surface area contributed by atoms with E-state index < -0.39 is 11.7 Å². The highest BCUT2D eigenvalue weighted by atomic mass is 16.5. The van der Waals surface area contributed by atoms with Crippen LogP contribution in [-0.2, 0) is 14.3 Å². The van der Waals surface area contributed by atoms with Gasteiger partial charge in [-0.3, -0.25) is 0 Å². The van der Waals surface area contributed by atoms with Gasteiger partial charge in [0.15, 0.2) is 0 Å². The number of isocyanates is 1. The summed E-state index contributed by atoms with van der Waals surface area (Å²) in [5.41, 5.74) is -1.72.